The van der Waals surface area contributed by atoms with Crippen molar-refractivity contribution in [1.29, 1.82) is 0 Å². The third-order valence-corrected chi connectivity index (χ3v) is 6.28. The van der Waals surface area contributed by atoms with Gasteiger partial charge in [0.25, 0.3) is 0 Å². The van der Waals surface area contributed by atoms with E-state index in [0.29, 0.717) is 12.8 Å². The molecule has 31 heavy (non-hydrogen) atoms. The van der Waals surface area contributed by atoms with Crippen LogP contribution in [0.4, 0.5) is 0 Å². The number of hydrogen-bond donors (Lipinski definition) is 3. The highest BCUT2D eigenvalue weighted by Crippen LogP contribution is 2.35. The molecule has 5 N–H and O–H groups in total. The van der Waals surface area contributed by atoms with Gasteiger partial charge in [-0.25, -0.2) is 4.79 Å². The first-order valence-corrected chi connectivity index (χ1v) is 11.0. The first-order chi connectivity index (χ1) is 14.7. The second-order valence-corrected chi connectivity index (χ2v) is 7.98. The van der Waals surface area contributed by atoms with Crippen LogP contribution in [0, 0.1) is 0 Å². The number of para-hydroxylation sites is 1. The van der Waals surface area contributed by atoms with E-state index in [4.69, 9.17) is 16.5 Å². The number of carbonyl (C=O) groups is 3. The zero-order valence-electron chi connectivity index (χ0n) is 18.8. The van der Waals surface area contributed by atoms with E-state index in [1.165, 1.54) is 0 Å². The summed E-state index contributed by atoms with van der Waals surface area (Å²) in [5.74, 6) is -2.70. The lowest BCUT2D eigenvalue weighted by Crippen LogP contribution is -2.58. The monoisotopic (exact) mass is 430 g/mol. The predicted molar refractivity (Wildman–Crippen MR) is 118 cm³/mol. The highest BCUT2D eigenvalue weighted by Gasteiger charge is 2.43. The molecule has 2 unspecified atom stereocenters. The Kier molecular flexibility index (Phi) is 8.08. The minimum Gasteiger partial charge on any atom is -0.480 e. The van der Waals surface area contributed by atoms with Crippen LogP contribution in [0.1, 0.15) is 59.8 Å². The molecule has 0 saturated heterocycles. The lowest BCUT2D eigenvalue weighted by molar-refractivity contribution is -0.159. The van der Waals surface area contributed by atoms with Gasteiger partial charge in [0.1, 0.15) is 6.04 Å². The third kappa shape index (κ3) is 4.70. The quantitative estimate of drug-likeness (QED) is 0.499. The Morgan fingerprint density at radius 2 is 1.52 bits per heavy atom. The molecule has 170 valence electrons. The molecule has 0 spiro atoms. The molecule has 1 heterocycles. The minimum absolute atomic E-state index is 0.0259. The van der Waals surface area contributed by atoms with Crippen molar-refractivity contribution in [3.63, 3.8) is 0 Å². The summed E-state index contributed by atoms with van der Waals surface area (Å²) in [7, 11) is 0. The minimum atomic E-state index is -1.41. The lowest BCUT2D eigenvalue weighted by atomic mass is 9.81. The first kappa shape index (κ1) is 24.7. The molecule has 0 aromatic heterocycles. The second kappa shape index (κ2) is 10.2. The summed E-state index contributed by atoms with van der Waals surface area (Å²) in [6.45, 7) is 7.42. The van der Waals surface area contributed by atoms with Crippen LogP contribution in [0.3, 0.4) is 0 Å². The van der Waals surface area contributed by atoms with Gasteiger partial charge in [-0.1, -0.05) is 45.9 Å². The molecular formula is C23H34N4O4. The molecule has 3 atom stereocenters. The van der Waals surface area contributed by atoms with Crippen LogP contribution in [0.25, 0.3) is 5.57 Å². The van der Waals surface area contributed by atoms with E-state index in [2.05, 4.69) is 0 Å². The molecule has 1 aliphatic rings. The SMILES string of the molecule is CCC(N)C(=O)N(C(=O)C(N)CC)[C@@H](CC1=c2ccccc2=NC1(CC)CC)C(=O)O. The van der Waals surface area contributed by atoms with Crippen LogP contribution in [0.5, 0.6) is 0 Å². The van der Waals surface area contributed by atoms with Crippen molar-refractivity contribution in [1.82, 2.24) is 4.90 Å². The maximum Gasteiger partial charge on any atom is 0.327 e. The van der Waals surface area contributed by atoms with Gasteiger partial charge in [-0.05, 0) is 37.3 Å². The maximum atomic E-state index is 13.0. The number of carbonyl (C=O) groups excluding carboxylic acids is 2. The van der Waals surface area contributed by atoms with E-state index in [1.54, 1.807) is 13.8 Å². The van der Waals surface area contributed by atoms with Crippen molar-refractivity contribution < 1.29 is 19.5 Å². The Labute approximate surface area is 183 Å². The van der Waals surface area contributed by atoms with Crippen LogP contribution in [-0.2, 0) is 14.4 Å². The fourth-order valence-corrected chi connectivity index (χ4v) is 4.11. The molecule has 0 saturated carbocycles. The number of aliphatic carboxylic acids is 1. The number of carboxylic acid groups (broad SMARTS) is 1. The zero-order chi connectivity index (χ0) is 23.3. The van der Waals surface area contributed by atoms with Gasteiger partial charge in [0.15, 0.2) is 0 Å². The van der Waals surface area contributed by atoms with Crippen molar-refractivity contribution in [2.24, 2.45) is 16.5 Å². The van der Waals surface area contributed by atoms with Crippen LogP contribution in [0.2, 0.25) is 0 Å². The van der Waals surface area contributed by atoms with Crippen molar-refractivity contribution in [3.8, 4) is 0 Å². The van der Waals surface area contributed by atoms with Gasteiger partial charge >= 0.3 is 5.97 Å². The van der Waals surface area contributed by atoms with Crippen LogP contribution in [-0.4, -0.2) is 51.5 Å². The third-order valence-electron chi connectivity index (χ3n) is 6.28. The van der Waals surface area contributed by atoms with Gasteiger partial charge in [0.05, 0.1) is 23.0 Å². The number of carboxylic acids is 1. The van der Waals surface area contributed by atoms with Crippen LogP contribution in [0.15, 0.2) is 29.3 Å². The number of rotatable bonds is 10. The summed E-state index contributed by atoms with van der Waals surface area (Å²) < 4.78 is 0. The van der Waals surface area contributed by atoms with E-state index < -0.39 is 41.4 Å². The van der Waals surface area contributed by atoms with Crippen LogP contribution >= 0.6 is 0 Å². The highest BCUT2D eigenvalue weighted by atomic mass is 16.4. The van der Waals surface area contributed by atoms with E-state index >= 15 is 0 Å². The number of amides is 2. The van der Waals surface area contributed by atoms with E-state index in [0.717, 1.165) is 21.0 Å². The topological polar surface area (TPSA) is 139 Å². The van der Waals surface area contributed by atoms with E-state index in [1.807, 2.05) is 38.1 Å². The molecule has 0 radical (unpaired) electrons. The molecule has 2 amide bonds. The molecule has 1 aromatic rings. The van der Waals surface area contributed by atoms with Crippen molar-refractivity contribution >= 4 is 23.4 Å². The predicted octanol–water partition coefficient (Wildman–Crippen LogP) is 0.702. The summed E-state index contributed by atoms with van der Waals surface area (Å²) >= 11 is 0. The number of fused-ring (bicyclic) bond motifs is 1. The van der Waals surface area contributed by atoms with Gasteiger partial charge in [-0.3, -0.25) is 19.5 Å². The molecule has 2 rings (SSSR count). The summed E-state index contributed by atoms with van der Waals surface area (Å²) in [6.07, 6.45) is 1.87. The standard InChI is InChI=1S/C23H34N4O4/c1-5-16(24)20(28)27(21(29)17(25)6-2)19(22(30)31)13-15-14-11-9-10-12-18(14)26-23(15,7-3)8-4/h9-12,16-17,19H,5-8,13,24-25H2,1-4H3,(H,30,31)/t16?,17?,19-/m0/s1. The fourth-order valence-electron chi connectivity index (χ4n) is 4.11. The average Bonchev–Trinajstić information content (AvgIpc) is 3.10. The summed E-state index contributed by atoms with van der Waals surface area (Å²) in [5.41, 5.74) is 12.1. The summed E-state index contributed by atoms with van der Waals surface area (Å²) in [4.78, 5) is 44.1. The van der Waals surface area contributed by atoms with E-state index in [9.17, 15) is 19.5 Å². The van der Waals surface area contributed by atoms with Gasteiger partial charge in [-0.15, -0.1) is 0 Å². The largest absolute Gasteiger partial charge is 0.480 e. The zero-order valence-corrected chi connectivity index (χ0v) is 18.8. The van der Waals surface area contributed by atoms with E-state index in [-0.39, 0.29) is 19.3 Å². The number of imide groups is 1. The molecule has 1 aliphatic heterocycles. The second-order valence-electron chi connectivity index (χ2n) is 7.98. The normalized spacial score (nSPS) is 17.3. The number of hydrogen-bond acceptors (Lipinski definition) is 6. The van der Waals surface area contributed by atoms with Crippen molar-refractivity contribution in [3.05, 3.63) is 34.8 Å². The molecule has 8 heteroatoms. The summed E-state index contributed by atoms with van der Waals surface area (Å²) in [6, 6.07) is 4.18. The number of nitrogens with zero attached hydrogens (tertiary/aromatic N) is 2. The smallest absolute Gasteiger partial charge is 0.327 e. The van der Waals surface area contributed by atoms with Gasteiger partial charge in [-0.2, -0.15) is 0 Å². The summed E-state index contributed by atoms with van der Waals surface area (Å²) in [5, 5.41) is 11.8. The van der Waals surface area contributed by atoms with Gasteiger partial charge in [0.2, 0.25) is 11.8 Å². The number of benzene rings is 1. The van der Waals surface area contributed by atoms with Crippen LogP contribution < -0.4 is 22.0 Å². The number of nitrogens with two attached hydrogens (primary N) is 2. The lowest BCUT2D eigenvalue weighted by Gasteiger charge is -2.34. The van der Waals surface area contributed by atoms with Crippen molar-refractivity contribution in [2.45, 2.75) is 83.5 Å². The molecule has 0 aliphatic carbocycles. The van der Waals surface area contributed by atoms with Crippen molar-refractivity contribution in [2.75, 3.05) is 0 Å². The average molecular weight is 431 g/mol. The Hall–Kier alpha value is -2.58. The first-order valence-electron chi connectivity index (χ1n) is 11.0. The van der Waals surface area contributed by atoms with Gasteiger partial charge < -0.3 is 16.6 Å². The molecule has 0 bridgehead atoms. The van der Waals surface area contributed by atoms with Gasteiger partial charge in [0, 0.05) is 11.6 Å². The molecular weight excluding hydrogens is 396 g/mol. The highest BCUT2D eigenvalue weighted by molar-refractivity contribution is 6.03. The fraction of sp³-hybridized carbons (Fsp3) is 0.565. The molecule has 1 aromatic carbocycles. The maximum absolute atomic E-state index is 13.0. The Balaban J connectivity index is 2.64. The molecule has 0 fully saturated rings. The Bertz CT molecular complexity index is 933. The Morgan fingerprint density at radius 1 is 1.00 bits per heavy atom. The Morgan fingerprint density at radius 3 is 1.97 bits per heavy atom. The molecule has 8 nitrogen and oxygen atoms in total.